The quantitative estimate of drug-likeness (QED) is 0.677. The zero-order valence-electron chi connectivity index (χ0n) is 12.5. The Balaban J connectivity index is 3.74. The Bertz CT molecular complexity index is 176. The molecule has 104 valence electrons. The molecule has 0 aliphatic carbocycles. The molecular weight excluding hydrogens is 214 g/mol. The predicted molar refractivity (Wildman–Crippen MR) is 73.4 cm³/mol. The number of nitrogens with one attached hydrogen (secondary N) is 1. The molecule has 1 atom stereocenters. The van der Waals surface area contributed by atoms with Gasteiger partial charge in [-0.1, -0.05) is 34.6 Å². The van der Waals surface area contributed by atoms with Crippen molar-refractivity contribution in [1.29, 1.82) is 0 Å². The van der Waals surface area contributed by atoms with E-state index in [1.165, 1.54) is 0 Å². The highest BCUT2D eigenvalue weighted by Gasteiger charge is 2.13. The number of hydrogen-bond donors (Lipinski definition) is 1. The van der Waals surface area contributed by atoms with E-state index in [0.717, 1.165) is 26.1 Å². The second-order valence-corrected chi connectivity index (χ2v) is 6.31. The van der Waals surface area contributed by atoms with Crippen molar-refractivity contribution in [3.8, 4) is 0 Å². The summed E-state index contributed by atoms with van der Waals surface area (Å²) in [5, 5.41) is 3.41. The SMILES string of the molecule is COCC(CNCC(C)C)OCCC(C)(C)C. The molecule has 0 spiro atoms. The molecule has 0 fully saturated rings. The van der Waals surface area contributed by atoms with E-state index in [1.54, 1.807) is 7.11 Å². The van der Waals surface area contributed by atoms with Crippen LogP contribution in [-0.4, -0.2) is 39.5 Å². The van der Waals surface area contributed by atoms with Crippen LogP contribution in [0.15, 0.2) is 0 Å². The Hall–Kier alpha value is -0.120. The van der Waals surface area contributed by atoms with Crippen molar-refractivity contribution in [3.05, 3.63) is 0 Å². The third kappa shape index (κ3) is 12.1. The molecule has 0 bridgehead atoms. The number of methoxy groups -OCH3 is 1. The smallest absolute Gasteiger partial charge is 0.0932 e. The van der Waals surface area contributed by atoms with Crippen LogP contribution >= 0.6 is 0 Å². The van der Waals surface area contributed by atoms with Crippen LogP contribution in [0.2, 0.25) is 0 Å². The highest BCUT2D eigenvalue weighted by Crippen LogP contribution is 2.18. The fraction of sp³-hybridized carbons (Fsp3) is 1.00. The van der Waals surface area contributed by atoms with Gasteiger partial charge in [0.15, 0.2) is 0 Å². The number of hydrogen-bond acceptors (Lipinski definition) is 3. The van der Waals surface area contributed by atoms with Gasteiger partial charge in [-0.2, -0.15) is 0 Å². The summed E-state index contributed by atoms with van der Waals surface area (Å²) in [4.78, 5) is 0. The molecule has 0 saturated heterocycles. The van der Waals surface area contributed by atoms with Gasteiger partial charge in [-0.15, -0.1) is 0 Å². The lowest BCUT2D eigenvalue weighted by atomic mass is 9.93. The summed E-state index contributed by atoms with van der Waals surface area (Å²) in [6.07, 6.45) is 1.25. The van der Waals surface area contributed by atoms with Gasteiger partial charge in [0.1, 0.15) is 0 Å². The molecule has 1 N–H and O–H groups in total. The van der Waals surface area contributed by atoms with E-state index >= 15 is 0 Å². The molecular formula is C14H31NO2. The summed E-state index contributed by atoms with van der Waals surface area (Å²) in [6, 6.07) is 0. The summed E-state index contributed by atoms with van der Waals surface area (Å²) in [5.41, 5.74) is 0.336. The monoisotopic (exact) mass is 245 g/mol. The Labute approximate surface area is 107 Å². The topological polar surface area (TPSA) is 30.5 Å². The Kier molecular flexibility index (Phi) is 8.83. The molecule has 0 aromatic heterocycles. The van der Waals surface area contributed by atoms with Crippen LogP contribution in [0, 0.1) is 11.3 Å². The molecule has 0 aliphatic rings. The van der Waals surface area contributed by atoms with E-state index in [9.17, 15) is 0 Å². The average molecular weight is 245 g/mol. The molecule has 17 heavy (non-hydrogen) atoms. The van der Waals surface area contributed by atoms with Crippen molar-refractivity contribution >= 4 is 0 Å². The van der Waals surface area contributed by atoms with Crippen LogP contribution in [0.5, 0.6) is 0 Å². The molecule has 3 nitrogen and oxygen atoms in total. The lowest BCUT2D eigenvalue weighted by Gasteiger charge is -2.22. The molecule has 0 rings (SSSR count). The lowest BCUT2D eigenvalue weighted by molar-refractivity contribution is -0.00980. The van der Waals surface area contributed by atoms with Crippen LogP contribution in [0.4, 0.5) is 0 Å². The second kappa shape index (κ2) is 8.90. The second-order valence-electron chi connectivity index (χ2n) is 6.31. The molecule has 0 heterocycles. The number of rotatable bonds is 9. The Morgan fingerprint density at radius 3 is 2.24 bits per heavy atom. The van der Waals surface area contributed by atoms with Gasteiger partial charge in [0.2, 0.25) is 0 Å². The van der Waals surface area contributed by atoms with Gasteiger partial charge in [0.05, 0.1) is 12.7 Å². The first-order valence-corrected chi connectivity index (χ1v) is 6.66. The normalized spacial score (nSPS) is 14.3. The van der Waals surface area contributed by atoms with E-state index in [1.807, 2.05) is 0 Å². The summed E-state index contributed by atoms with van der Waals surface area (Å²) >= 11 is 0. The summed E-state index contributed by atoms with van der Waals surface area (Å²) in [7, 11) is 1.72. The maximum Gasteiger partial charge on any atom is 0.0932 e. The van der Waals surface area contributed by atoms with Crippen molar-refractivity contribution in [3.63, 3.8) is 0 Å². The van der Waals surface area contributed by atoms with Gasteiger partial charge in [-0.05, 0) is 24.3 Å². The molecule has 1 unspecified atom stereocenters. The first-order chi connectivity index (χ1) is 7.85. The zero-order valence-corrected chi connectivity index (χ0v) is 12.5. The van der Waals surface area contributed by atoms with E-state index in [4.69, 9.17) is 9.47 Å². The minimum atomic E-state index is 0.168. The molecule has 3 heteroatoms. The van der Waals surface area contributed by atoms with E-state index in [-0.39, 0.29) is 6.10 Å². The largest absolute Gasteiger partial charge is 0.382 e. The van der Waals surface area contributed by atoms with E-state index < -0.39 is 0 Å². The van der Waals surface area contributed by atoms with Crippen molar-refractivity contribution in [2.75, 3.05) is 33.4 Å². The standard InChI is InChI=1S/C14H31NO2/c1-12(2)9-15-10-13(11-16-6)17-8-7-14(3,4)5/h12-13,15H,7-11H2,1-6H3. The minimum Gasteiger partial charge on any atom is -0.382 e. The molecule has 0 aliphatic heterocycles. The van der Waals surface area contributed by atoms with Gasteiger partial charge >= 0.3 is 0 Å². The van der Waals surface area contributed by atoms with Gasteiger partial charge in [-0.3, -0.25) is 0 Å². The first kappa shape index (κ1) is 16.9. The fourth-order valence-corrected chi connectivity index (χ4v) is 1.42. The maximum atomic E-state index is 5.85. The van der Waals surface area contributed by atoms with Crippen molar-refractivity contribution in [1.82, 2.24) is 5.32 Å². The van der Waals surface area contributed by atoms with Crippen LogP contribution in [0.25, 0.3) is 0 Å². The average Bonchev–Trinajstić information content (AvgIpc) is 2.15. The van der Waals surface area contributed by atoms with Gasteiger partial charge in [0, 0.05) is 20.3 Å². The van der Waals surface area contributed by atoms with Crippen molar-refractivity contribution < 1.29 is 9.47 Å². The number of ether oxygens (including phenoxy) is 2. The zero-order chi connectivity index (χ0) is 13.3. The summed E-state index contributed by atoms with van der Waals surface area (Å²) in [5.74, 6) is 0.674. The predicted octanol–water partition coefficient (Wildman–Crippen LogP) is 2.70. The Morgan fingerprint density at radius 1 is 1.12 bits per heavy atom. The van der Waals surface area contributed by atoms with Gasteiger partial charge < -0.3 is 14.8 Å². The fourth-order valence-electron chi connectivity index (χ4n) is 1.42. The van der Waals surface area contributed by atoms with Crippen LogP contribution in [0.3, 0.4) is 0 Å². The Morgan fingerprint density at radius 2 is 1.76 bits per heavy atom. The molecule has 0 saturated carbocycles. The van der Waals surface area contributed by atoms with Crippen LogP contribution in [0.1, 0.15) is 41.0 Å². The highest BCUT2D eigenvalue weighted by atomic mass is 16.5. The third-order valence-corrected chi connectivity index (χ3v) is 2.48. The summed E-state index contributed by atoms with van der Waals surface area (Å²) in [6.45, 7) is 14.5. The minimum absolute atomic E-state index is 0.168. The maximum absolute atomic E-state index is 5.85. The highest BCUT2D eigenvalue weighted by molar-refractivity contribution is 4.65. The third-order valence-electron chi connectivity index (χ3n) is 2.48. The first-order valence-electron chi connectivity index (χ1n) is 6.66. The van der Waals surface area contributed by atoms with Gasteiger partial charge in [-0.25, -0.2) is 0 Å². The lowest BCUT2D eigenvalue weighted by Crippen LogP contribution is -2.35. The summed E-state index contributed by atoms with van der Waals surface area (Å²) < 4.78 is 11.0. The van der Waals surface area contributed by atoms with Crippen LogP contribution < -0.4 is 5.32 Å². The van der Waals surface area contributed by atoms with E-state index in [0.29, 0.717) is 17.9 Å². The molecule has 0 aromatic rings. The van der Waals surface area contributed by atoms with Crippen LogP contribution in [-0.2, 0) is 9.47 Å². The van der Waals surface area contributed by atoms with Crippen molar-refractivity contribution in [2.45, 2.75) is 47.1 Å². The van der Waals surface area contributed by atoms with Crippen molar-refractivity contribution in [2.24, 2.45) is 11.3 Å². The van der Waals surface area contributed by atoms with Gasteiger partial charge in [0.25, 0.3) is 0 Å². The molecule has 0 aromatic carbocycles. The van der Waals surface area contributed by atoms with E-state index in [2.05, 4.69) is 39.9 Å². The molecule has 0 radical (unpaired) electrons. The molecule has 0 amide bonds.